The number of rotatable bonds is 4. The fourth-order valence-corrected chi connectivity index (χ4v) is 1.26. The second kappa shape index (κ2) is 4.84. The minimum atomic E-state index is -0.0269. The van der Waals surface area contributed by atoms with Crippen LogP contribution in [0, 0.1) is 6.92 Å². The van der Waals surface area contributed by atoms with Crippen molar-refractivity contribution in [2.24, 2.45) is 0 Å². The molecule has 0 aliphatic carbocycles. The molecule has 1 rings (SSSR count). The van der Waals surface area contributed by atoms with Gasteiger partial charge in [-0.1, -0.05) is 13.3 Å². The average Bonchev–Trinajstić information content (AvgIpc) is 2.59. The number of amides is 1. The van der Waals surface area contributed by atoms with Crippen LogP contribution in [0.3, 0.4) is 0 Å². The molecule has 0 unspecified atom stereocenters. The van der Waals surface area contributed by atoms with E-state index in [0.717, 1.165) is 24.9 Å². The molecular weight excluding hydrogens is 178 g/mol. The standard InChI is InChI=1S/C11H17NO2/c1-4-5-7-12(3)11(13)10-9(2)6-8-14-10/h6,8H,4-5,7H2,1-3H3. The Bertz CT molecular complexity index is 304. The zero-order valence-electron chi connectivity index (χ0n) is 9.04. The predicted octanol–water partition coefficient (Wildman–Crippen LogP) is 2.46. The van der Waals surface area contributed by atoms with Gasteiger partial charge < -0.3 is 9.32 Å². The Hall–Kier alpha value is -1.25. The van der Waals surface area contributed by atoms with Crippen molar-refractivity contribution in [3.05, 3.63) is 23.7 Å². The van der Waals surface area contributed by atoms with Gasteiger partial charge in [0.25, 0.3) is 5.91 Å². The van der Waals surface area contributed by atoms with Gasteiger partial charge in [-0.3, -0.25) is 4.79 Å². The molecular formula is C11H17NO2. The van der Waals surface area contributed by atoms with E-state index in [2.05, 4.69) is 6.92 Å². The average molecular weight is 195 g/mol. The SMILES string of the molecule is CCCCN(C)C(=O)c1occc1C. The maximum absolute atomic E-state index is 11.8. The van der Waals surface area contributed by atoms with Crippen molar-refractivity contribution < 1.29 is 9.21 Å². The number of carbonyl (C=O) groups excluding carboxylic acids is 1. The van der Waals surface area contributed by atoms with Gasteiger partial charge in [0, 0.05) is 19.2 Å². The van der Waals surface area contributed by atoms with Gasteiger partial charge in [0.2, 0.25) is 0 Å². The van der Waals surface area contributed by atoms with Crippen molar-refractivity contribution >= 4 is 5.91 Å². The van der Waals surface area contributed by atoms with Gasteiger partial charge in [-0.15, -0.1) is 0 Å². The minimum Gasteiger partial charge on any atom is -0.459 e. The molecule has 78 valence electrons. The fraction of sp³-hybridized carbons (Fsp3) is 0.545. The number of aryl methyl sites for hydroxylation is 1. The third-order valence-corrected chi connectivity index (χ3v) is 2.25. The van der Waals surface area contributed by atoms with Crippen LogP contribution in [-0.4, -0.2) is 24.4 Å². The topological polar surface area (TPSA) is 33.5 Å². The van der Waals surface area contributed by atoms with E-state index in [0.29, 0.717) is 5.76 Å². The third-order valence-electron chi connectivity index (χ3n) is 2.25. The minimum absolute atomic E-state index is 0.0269. The maximum atomic E-state index is 11.8. The lowest BCUT2D eigenvalue weighted by Crippen LogP contribution is -2.27. The van der Waals surface area contributed by atoms with E-state index in [9.17, 15) is 4.79 Å². The smallest absolute Gasteiger partial charge is 0.289 e. The molecule has 1 aromatic rings. The van der Waals surface area contributed by atoms with Crippen LogP contribution < -0.4 is 0 Å². The second-order valence-electron chi connectivity index (χ2n) is 3.51. The number of furan rings is 1. The largest absolute Gasteiger partial charge is 0.459 e. The highest BCUT2D eigenvalue weighted by molar-refractivity contribution is 5.92. The molecule has 14 heavy (non-hydrogen) atoms. The normalized spacial score (nSPS) is 10.2. The van der Waals surface area contributed by atoms with Crippen LogP contribution in [0.5, 0.6) is 0 Å². The molecule has 1 heterocycles. The Morgan fingerprint density at radius 2 is 2.29 bits per heavy atom. The van der Waals surface area contributed by atoms with Crippen LogP contribution >= 0.6 is 0 Å². The van der Waals surface area contributed by atoms with Gasteiger partial charge in [-0.05, 0) is 19.4 Å². The highest BCUT2D eigenvalue weighted by Crippen LogP contribution is 2.11. The molecule has 0 atom stereocenters. The second-order valence-corrected chi connectivity index (χ2v) is 3.51. The van der Waals surface area contributed by atoms with Crippen LogP contribution in [0.15, 0.2) is 16.7 Å². The molecule has 1 amide bonds. The Morgan fingerprint density at radius 3 is 2.79 bits per heavy atom. The molecule has 0 bridgehead atoms. The molecule has 3 nitrogen and oxygen atoms in total. The number of unbranched alkanes of at least 4 members (excludes halogenated alkanes) is 1. The van der Waals surface area contributed by atoms with E-state index in [-0.39, 0.29) is 5.91 Å². The van der Waals surface area contributed by atoms with Crippen molar-refractivity contribution in [3.8, 4) is 0 Å². The van der Waals surface area contributed by atoms with E-state index in [1.807, 2.05) is 6.92 Å². The number of hydrogen-bond acceptors (Lipinski definition) is 2. The van der Waals surface area contributed by atoms with E-state index in [1.165, 1.54) is 0 Å². The molecule has 0 aliphatic rings. The highest BCUT2D eigenvalue weighted by atomic mass is 16.3. The molecule has 1 aromatic heterocycles. The third kappa shape index (κ3) is 2.37. The zero-order chi connectivity index (χ0) is 10.6. The molecule has 0 aromatic carbocycles. The lowest BCUT2D eigenvalue weighted by atomic mass is 10.2. The fourth-order valence-electron chi connectivity index (χ4n) is 1.26. The first kappa shape index (κ1) is 10.8. The molecule has 0 radical (unpaired) electrons. The molecule has 0 fully saturated rings. The van der Waals surface area contributed by atoms with Crippen molar-refractivity contribution in [2.45, 2.75) is 26.7 Å². The summed E-state index contributed by atoms with van der Waals surface area (Å²) in [7, 11) is 1.81. The van der Waals surface area contributed by atoms with Crippen molar-refractivity contribution in [2.75, 3.05) is 13.6 Å². The van der Waals surface area contributed by atoms with Crippen LogP contribution in [0.4, 0.5) is 0 Å². The number of hydrogen-bond donors (Lipinski definition) is 0. The van der Waals surface area contributed by atoms with Gasteiger partial charge in [-0.25, -0.2) is 0 Å². The molecule has 0 aliphatic heterocycles. The zero-order valence-corrected chi connectivity index (χ0v) is 9.04. The molecule has 0 saturated heterocycles. The van der Waals surface area contributed by atoms with E-state index < -0.39 is 0 Å². The van der Waals surface area contributed by atoms with Gasteiger partial charge in [-0.2, -0.15) is 0 Å². The Kier molecular flexibility index (Phi) is 3.74. The number of nitrogens with zero attached hydrogens (tertiary/aromatic N) is 1. The summed E-state index contributed by atoms with van der Waals surface area (Å²) in [6.07, 6.45) is 3.67. The van der Waals surface area contributed by atoms with Crippen LogP contribution in [0.2, 0.25) is 0 Å². The van der Waals surface area contributed by atoms with Crippen molar-refractivity contribution in [3.63, 3.8) is 0 Å². The summed E-state index contributed by atoms with van der Waals surface area (Å²) in [5, 5.41) is 0. The van der Waals surface area contributed by atoms with E-state index in [4.69, 9.17) is 4.42 Å². The van der Waals surface area contributed by atoms with Gasteiger partial charge in [0.15, 0.2) is 5.76 Å². The van der Waals surface area contributed by atoms with E-state index >= 15 is 0 Å². The van der Waals surface area contributed by atoms with Crippen molar-refractivity contribution in [1.82, 2.24) is 4.90 Å². The Balaban J connectivity index is 2.61. The molecule has 0 spiro atoms. The lowest BCUT2D eigenvalue weighted by Gasteiger charge is -2.15. The summed E-state index contributed by atoms with van der Waals surface area (Å²) < 4.78 is 5.14. The molecule has 0 N–H and O–H groups in total. The quantitative estimate of drug-likeness (QED) is 0.739. The van der Waals surface area contributed by atoms with Crippen molar-refractivity contribution in [1.29, 1.82) is 0 Å². The monoisotopic (exact) mass is 195 g/mol. The van der Waals surface area contributed by atoms with Gasteiger partial charge >= 0.3 is 0 Å². The molecule has 0 saturated carbocycles. The maximum Gasteiger partial charge on any atom is 0.289 e. The Labute approximate surface area is 84.7 Å². The van der Waals surface area contributed by atoms with Crippen LogP contribution in [0.1, 0.15) is 35.9 Å². The van der Waals surface area contributed by atoms with E-state index in [1.54, 1.807) is 24.3 Å². The Morgan fingerprint density at radius 1 is 1.57 bits per heavy atom. The summed E-state index contributed by atoms with van der Waals surface area (Å²) in [5.41, 5.74) is 0.901. The first-order chi connectivity index (χ1) is 6.66. The number of carbonyl (C=O) groups is 1. The van der Waals surface area contributed by atoms with Crippen LogP contribution in [0.25, 0.3) is 0 Å². The first-order valence-electron chi connectivity index (χ1n) is 4.96. The first-order valence-corrected chi connectivity index (χ1v) is 4.96. The lowest BCUT2D eigenvalue weighted by molar-refractivity contribution is 0.0761. The summed E-state index contributed by atoms with van der Waals surface area (Å²) in [6.45, 7) is 4.77. The summed E-state index contributed by atoms with van der Waals surface area (Å²) >= 11 is 0. The summed E-state index contributed by atoms with van der Waals surface area (Å²) in [5.74, 6) is 0.435. The van der Waals surface area contributed by atoms with Gasteiger partial charge in [0.1, 0.15) is 0 Å². The molecule has 3 heteroatoms. The summed E-state index contributed by atoms with van der Waals surface area (Å²) in [6, 6.07) is 1.81. The highest BCUT2D eigenvalue weighted by Gasteiger charge is 2.16. The predicted molar refractivity (Wildman–Crippen MR) is 55.3 cm³/mol. The summed E-state index contributed by atoms with van der Waals surface area (Å²) in [4.78, 5) is 13.5. The van der Waals surface area contributed by atoms with Crippen LogP contribution in [-0.2, 0) is 0 Å². The van der Waals surface area contributed by atoms with Gasteiger partial charge in [0.05, 0.1) is 6.26 Å².